The number of hydrogen-bond donors (Lipinski definition) is 1. The first-order valence-corrected chi connectivity index (χ1v) is 6.24. The van der Waals surface area contributed by atoms with E-state index in [-0.39, 0.29) is 5.54 Å². The molecule has 0 saturated heterocycles. The lowest BCUT2D eigenvalue weighted by Crippen LogP contribution is -2.45. The van der Waals surface area contributed by atoms with E-state index in [0.717, 1.165) is 11.4 Å². The van der Waals surface area contributed by atoms with Gasteiger partial charge < -0.3 is 0 Å². The summed E-state index contributed by atoms with van der Waals surface area (Å²) in [6.07, 6.45) is 0. The monoisotopic (exact) mass is 240 g/mol. The highest BCUT2D eigenvalue weighted by Crippen LogP contribution is 2.24. The summed E-state index contributed by atoms with van der Waals surface area (Å²) in [6, 6.07) is 20.6. The number of nitrogens with one attached hydrogen (secondary N) is 1. The second-order valence-electron chi connectivity index (χ2n) is 5.32. The van der Waals surface area contributed by atoms with E-state index in [1.807, 2.05) is 24.3 Å². The van der Waals surface area contributed by atoms with E-state index in [1.165, 1.54) is 0 Å². The van der Waals surface area contributed by atoms with Crippen molar-refractivity contribution >= 4 is 11.4 Å². The minimum absolute atomic E-state index is 0.00278. The summed E-state index contributed by atoms with van der Waals surface area (Å²) in [6.45, 7) is 6.57. The minimum atomic E-state index is -0.00278. The highest BCUT2D eigenvalue weighted by atomic mass is 15.5. The Morgan fingerprint density at radius 2 is 1.28 bits per heavy atom. The van der Waals surface area contributed by atoms with Crippen molar-refractivity contribution in [2.75, 3.05) is 10.4 Å². The van der Waals surface area contributed by atoms with Gasteiger partial charge in [0.15, 0.2) is 0 Å². The molecule has 0 spiro atoms. The fourth-order valence-corrected chi connectivity index (χ4v) is 1.84. The maximum atomic E-state index is 3.47. The van der Waals surface area contributed by atoms with Crippen LogP contribution in [0.5, 0.6) is 0 Å². The van der Waals surface area contributed by atoms with Crippen molar-refractivity contribution in [1.82, 2.24) is 0 Å². The van der Waals surface area contributed by atoms with E-state index >= 15 is 0 Å². The van der Waals surface area contributed by atoms with Crippen LogP contribution in [-0.2, 0) is 0 Å². The fourth-order valence-electron chi connectivity index (χ4n) is 1.84. The molecule has 2 aromatic rings. The Balaban J connectivity index is 2.28. The number of nitrogens with zero attached hydrogens (tertiary/aromatic N) is 1. The van der Waals surface area contributed by atoms with Gasteiger partial charge in [-0.2, -0.15) is 0 Å². The first-order valence-electron chi connectivity index (χ1n) is 6.24. The summed E-state index contributed by atoms with van der Waals surface area (Å²) in [4.78, 5) is 0. The fraction of sp³-hybridized carbons (Fsp3) is 0.250. The molecule has 0 aliphatic carbocycles. The smallest absolute Gasteiger partial charge is 0.0578 e. The summed E-state index contributed by atoms with van der Waals surface area (Å²) < 4.78 is 0. The number of anilines is 2. The summed E-state index contributed by atoms with van der Waals surface area (Å²) in [5.74, 6) is 0. The van der Waals surface area contributed by atoms with Crippen LogP contribution in [0, 0.1) is 0 Å². The van der Waals surface area contributed by atoms with Crippen molar-refractivity contribution in [2.45, 2.75) is 26.3 Å². The molecule has 0 unspecified atom stereocenters. The van der Waals surface area contributed by atoms with Gasteiger partial charge in [0.25, 0.3) is 0 Å². The molecule has 2 nitrogen and oxygen atoms in total. The molecular formula is C16H20N2. The molecule has 0 heterocycles. The molecule has 0 fully saturated rings. The summed E-state index contributed by atoms with van der Waals surface area (Å²) >= 11 is 0. The second-order valence-corrected chi connectivity index (χ2v) is 5.32. The third-order valence-corrected chi connectivity index (χ3v) is 2.70. The highest BCUT2D eigenvalue weighted by Gasteiger charge is 2.21. The van der Waals surface area contributed by atoms with Gasteiger partial charge in [0.2, 0.25) is 0 Å². The van der Waals surface area contributed by atoms with Gasteiger partial charge in [-0.05, 0) is 45.0 Å². The van der Waals surface area contributed by atoms with Crippen LogP contribution in [-0.4, -0.2) is 5.54 Å². The van der Waals surface area contributed by atoms with Gasteiger partial charge in [-0.1, -0.05) is 36.4 Å². The van der Waals surface area contributed by atoms with E-state index in [0.29, 0.717) is 0 Å². The molecule has 1 N–H and O–H groups in total. The molecule has 2 heteroatoms. The average molecular weight is 240 g/mol. The Kier molecular flexibility index (Phi) is 3.56. The van der Waals surface area contributed by atoms with Crippen molar-refractivity contribution in [1.29, 1.82) is 0 Å². The van der Waals surface area contributed by atoms with E-state index in [1.54, 1.807) is 0 Å². The van der Waals surface area contributed by atoms with E-state index in [9.17, 15) is 0 Å². The van der Waals surface area contributed by atoms with Crippen LogP contribution in [0.4, 0.5) is 11.4 Å². The van der Waals surface area contributed by atoms with Crippen LogP contribution in [0.25, 0.3) is 0 Å². The van der Waals surface area contributed by atoms with Crippen LogP contribution in [0.3, 0.4) is 0 Å². The van der Waals surface area contributed by atoms with Crippen LogP contribution < -0.4 is 10.4 Å². The zero-order chi connectivity index (χ0) is 13.0. The van der Waals surface area contributed by atoms with Crippen molar-refractivity contribution < 1.29 is 0 Å². The van der Waals surface area contributed by atoms with Gasteiger partial charge in [0, 0.05) is 0 Å². The molecule has 0 radical (unpaired) electrons. The predicted molar refractivity (Wildman–Crippen MR) is 78.7 cm³/mol. The Morgan fingerprint density at radius 3 is 1.78 bits per heavy atom. The molecule has 94 valence electrons. The van der Waals surface area contributed by atoms with Crippen molar-refractivity contribution in [3.63, 3.8) is 0 Å². The van der Waals surface area contributed by atoms with Crippen LogP contribution in [0.15, 0.2) is 60.7 Å². The Morgan fingerprint density at radius 1 is 0.778 bits per heavy atom. The normalized spacial score (nSPS) is 11.1. The maximum Gasteiger partial charge on any atom is 0.0578 e. The maximum absolute atomic E-state index is 3.47. The predicted octanol–water partition coefficient (Wildman–Crippen LogP) is 4.32. The zero-order valence-electron chi connectivity index (χ0n) is 11.2. The van der Waals surface area contributed by atoms with Gasteiger partial charge in [-0.15, -0.1) is 0 Å². The SMILES string of the molecule is CC(C)(C)N(Nc1ccccc1)c1ccccc1. The Hall–Kier alpha value is -1.96. The summed E-state index contributed by atoms with van der Waals surface area (Å²) in [5, 5.41) is 2.18. The number of hydrazine groups is 1. The van der Waals surface area contributed by atoms with Gasteiger partial charge in [0.05, 0.1) is 16.9 Å². The van der Waals surface area contributed by atoms with Crippen LogP contribution in [0.2, 0.25) is 0 Å². The highest BCUT2D eigenvalue weighted by molar-refractivity contribution is 5.56. The molecule has 0 bridgehead atoms. The third kappa shape index (κ3) is 3.04. The summed E-state index contributed by atoms with van der Waals surface area (Å²) in [7, 11) is 0. The molecular weight excluding hydrogens is 220 g/mol. The van der Waals surface area contributed by atoms with Crippen molar-refractivity contribution in [3.8, 4) is 0 Å². The number of para-hydroxylation sites is 2. The quantitative estimate of drug-likeness (QED) is 0.804. The molecule has 0 aliphatic heterocycles. The molecule has 0 aromatic heterocycles. The molecule has 0 aliphatic rings. The van der Waals surface area contributed by atoms with Crippen LogP contribution in [0.1, 0.15) is 20.8 Å². The van der Waals surface area contributed by atoms with Gasteiger partial charge >= 0.3 is 0 Å². The topological polar surface area (TPSA) is 15.3 Å². The average Bonchev–Trinajstić information content (AvgIpc) is 2.37. The number of rotatable bonds is 3. The largest absolute Gasteiger partial charge is 0.298 e. The number of hydrogen-bond acceptors (Lipinski definition) is 2. The molecule has 0 saturated carbocycles. The Bertz CT molecular complexity index is 471. The van der Waals surface area contributed by atoms with Gasteiger partial charge in [-0.3, -0.25) is 10.4 Å². The zero-order valence-corrected chi connectivity index (χ0v) is 11.2. The van der Waals surface area contributed by atoms with Crippen molar-refractivity contribution in [3.05, 3.63) is 60.7 Å². The molecule has 2 aromatic carbocycles. The third-order valence-electron chi connectivity index (χ3n) is 2.70. The lowest BCUT2D eigenvalue weighted by atomic mass is 10.1. The minimum Gasteiger partial charge on any atom is -0.298 e. The van der Waals surface area contributed by atoms with Crippen molar-refractivity contribution in [2.24, 2.45) is 0 Å². The standard InChI is InChI=1S/C16H20N2/c1-16(2,3)18(15-12-8-5-9-13-15)17-14-10-6-4-7-11-14/h4-13,17H,1-3H3. The summed E-state index contributed by atoms with van der Waals surface area (Å²) in [5.41, 5.74) is 5.72. The van der Waals surface area contributed by atoms with E-state index in [4.69, 9.17) is 0 Å². The molecule has 0 atom stereocenters. The lowest BCUT2D eigenvalue weighted by Gasteiger charge is -2.38. The Labute approximate surface area is 109 Å². The first-order chi connectivity index (χ1) is 8.57. The van der Waals surface area contributed by atoms with Crippen LogP contribution >= 0.6 is 0 Å². The number of benzene rings is 2. The molecule has 0 amide bonds. The van der Waals surface area contributed by atoms with Gasteiger partial charge in [-0.25, -0.2) is 0 Å². The molecule has 18 heavy (non-hydrogen) atoms. The van der Waals surface area contributed by atoms with E-state index in [2.05, 4.69) is 67.6 Å². The second kappa shape index (κ2) is 5.13. The lowest BCUT2D eigenvalue weighted by molar-refractivity contribution is 0.535. The van der Waals surface area contributed by atoms with Gasteiger partial charge in [0.1, 0.15) is 0 Å². The van der Waals surface area contributed by atoms with E-state index < -0.39 is 0 Å². The molecule has 2 rings (SSSR count). The first kappa shape index (κ1) is 12.5.